The van der Waals surface area contributed by atoms with Crippen LogP contribution in [0.1, 0.15) is 64.0 Å². The van der Waals surface area contributed by atoms with Gasteiger partial charge in [0.15, 0.2) is 0 Å². The highest BCUT2D eigenvalue weighted by Crippen LogP contribution is 2.40. The van der Waals surface area contributed by atoms with Crippen LogP contribution >= 0.6 is 0 Å². The van der Waals surface area contributed by atoms with E-state index in [0.717, 1.165) is 37.5 Å². The number of carbonyl (C=O) groups excluding carboxylic acids is 2. The average molecular weight is 387 g/mol. The van der Waals surface area contributed by atoms with Crippen molar-refractivity contribution >= 4 is 17.5 Å². The van der Waals surface area contributed by atoms with Gasteiger partial charge in [0.25, 0.3) is 5.91 Å². The predicted octanol–water partition coefficient (Wildman–Crippen LogP) is 3.39. The summed E-state index contributed by atoms with van der Waals surface area (Å²) in [6.07, 6.45) is 7.02. The normalized spacial score (nSPS) is 29.0. The monoisotopic (exact) mass is 387 g/mol. The van der Waals surface area contributed by atoms with Crippen molar-refractivity contribution in [2.75, 3.05) is 18.0 Å². The number of hydrogen-bond donors (Lipinski definition) is 1. The number of piperidine rings is 1. The van der Waals surface area contributed by atoms with Crippen molar-refractivity contribution in [3.8, 4) is 0 Å². The van der Waals surface area contributed by atoms with Gasteiger partial charge in [0.05, 0.1) is 5.69 Å². The van der Waals surface area contributed by atoms with E-state index in [1.807, 2.05) is 4.90 Å². The van der Waals surface area contributed by atoms with Gasteiger partial charge in [-0.3, -0.25) is 9.59 Å². The van der Waals surface area contributed by atoms with Gasteiger partial charge in [-0.1, -0.05) is 6.92 Å². The number of benzene rings is 1. The molecule has 0 bridgehead atoms. The van der Waals surface area contributed by atoms with Crippen LogP contribution in [0, 0.1) is 11.7 Å². The van der Waals surface area contributed by atoms with Crippen LogP contribution in [0.4, 0.5) is 10.1 Å². The summed E-state index contributed by atoms with van der Waals surface area (Å²) in [6.45, 7) is 5.72. The van der Waals surface area contributed by atoms with Crippen molar-refractivity contribution in [3.63, 3.8) is 0 Å². The van der Waals surface area contributed by atoms with Crippen LogP contribution in [0.2, 0.25) is 0 Å². The molecule has 1 atom stereocenters. The maximum Gasteiger partial charge on any atom is 0.254 e. The van der Waals surface area contributed by atoms with Crippen LogP contribution in [-0.4, -0.2) is 41.9 Å². The molecule has 152 valence electrons. The third-order valence-corrected chi connectivity index (χ3v) is 6.76. The van der Waals surface area contributed by atoms with Gasteiger partial charge in [-0.25, -0.2) is 4.39 Å². The minimum atomic E-state index is -0.777. The van der Waals surface area contributed by atoms with E-state index in [0.29, 0.717) is 11.6 Å². The molecule has 6 heteroatoms. The second kappa shape index (κ2) is 7.82. The predicted molar refractivity (Wildman–Crippen MR) is 106 cm³/mol. The minimum absolute atomic E-state index is 0.106. The van der Waals surface area contributed by atoms with Crippen LogP contribution in [0.25, 0.3) is 0 Å². The lowest BCUT2D eigenvalue weighted by Crippen LogP contribution is -2.50. The van der Waals surface area contributed by atoms with Gasteiger partial charge in [-0.2, -0.15) is 0 Å². The Kier molecular flexibility index (Phi) is 5.41. The Balaban J connectivity index is 1.47. The molecule has 1 aromatic rings. The Bertz CT molecular complexity index is 752. The largest absolute Gasteiger partial charge is 0.341 e. The molecule has 2 fully saturated rings. The topological polar surface area (TPSA) is 52.7 Å². The van der Waals surface area contributed by atoms with E-state index in [1.54, 1.807) is 6.07 Å². The molecule has 5 nitrogen and oxygen atoms in total. The number of nitrogens with one attached hydrogen (secondary N) is 1. The van der Waals surface area contributed by atoms with E-state index in [4.69, 9.17) is 0 Å². The molecule has 1 unspecified atom stereocenters. The summed E-state index contributed by atoms with van der Waals surface area (Å²) in [5.41, 5.74) is 1.32. The average Bonchev–Trinajstić information content (AvgIpc) is 2.93. The van der Waals surface area contributed by atoms with Gasteiger partial charge >= 0.3 is 0 Å². The van der Waals surface area contributed by atoms with Crippen LogP contribution in [0.5, 0.6) is 0 Å². The highest BCUT2D eigenvalue weighted by Gasteiger charge is 2.42. The third kappa shape index (κ3) is 3.66. The standard InChI is InChI=1S/C22H30FN3O2/c1-14-3-6-17(7-4-14)25-11-9-18(10-12-25)26-20-8-5-16(23)13-19(20)21(22(26)28)24-15(2)27/h5,8,13-14,17-18,21H,3-4,6-7,9-12H2,1-2H3,(H,24,27). The molecule has 0 aromatic heterocycles. The first-order valence-corrected chi connectivity index (χ1v) is 10.6. The SMILES string of the molecule is CC(=O)NC1C(=O)N(C2CCN(C3CCC(C)CC3)CC2)c2ccc(F)cc21. The van der Waals surface area contributed by atoms with E-state index < -0.39 is 6.04 Å². The lowest BCUT2D eigenvalue weighted by Gasteiger charge is -2.42. The van der Waals surface area contributed by atoms with Gasteiger partial charge < -0.3 is 15.1 Å². The summed E-state index contributed by atoms with van der Waals surface area (Å²) in [6, 6.07) is 4.47. The first kappa shape index (κ1) is 19.4. The molecule has 1 N–H and O–H groups in total. The van der Waals surface area contributed by atoms with Crippen LogP contribution in [0.15, 0.2) is 18.2 Å². The zero-order chi connectivity index (χ0) is 19.8. The summed E-state index contributed by atoms with van der Waals surface area (Å²) < 4.78 is 13.8. The van der Waals surface area contributed by atoms with Crippen molar-refractivity contribution in [2.45, 2.75) is 70.5 Å². The number of carbonyl (C=O) groups is 2. The fourth-order valence-corrected chi connectivity index (χ4v) is 5.20. The molecule has 2 amide bonds. The third-order valence-electron chi connectivity index (χ3n) is 6.76. The highest BCUT2D eigenvalue weighted by atomic mass is 19.1. The summed E-state index contributed by atoms with van der Waals surface area (Å²) >= 11 is 0. The molecule has 4 rings (SSSR count). The second-order valence-electron chi connectivity index (χ2n) is 8.73. The Morgan fingerprint density at radius 1 is 1.07 bits per heavy atom. The Hall–Kier alpha value is -1.95. The molecule has 3 aliphatic rings. The van der Waals surface area contributed by atoms with Crippen LogP contribution in [-0.2, 0) is 9.59 Å². The van der Waals surface area contributed by atoms with Crippen molar-refractivity contribution < 1.29 is 14.0 Å². The quantitative estimate of drug-likeness (QED) is 0.865. The molecular weight excluding hydrogens is 357 g/mol. The number of halogens is 1. The van der Waals surface area contributed by atoms with E-state index in [9.17, 15) is 14.0 Å². The fourth-order valence-electron chi connectivity index (χ4n) is 5.20. The molecule has 2 aliphatic heterocycles. The smallest absolute Gasteiger partial charge is 0.254 e. The number of rotatable bonds is 3. The number of anilines is 1. The van der Waals surface area contributed by atoms with Crippen molar-refractivity contribution in [1.29, 1.82) is 0 Å². The molecule has 0 radical (unpaired) electrons. The maximum absolute atomic E-state index is 13.8. The summed E-state index contributed by atoms with van der Waals surface area (Å²) in [7, 11) is 0. The maximum atomic E-state index is 13.8. The van der Waals surface area contributed by atoms with E-state index in [1.165, 1.54) is 44.7 Å². The van der Waals surface area contributed by atoms with E-state index in [2.05, 4.69) is 17.1 Å². The highest BCUT2D eigenvalue weighted by molar-refractivity contribution is 6.06. The summed E-state index contributed by atoms with van der Waals surface area (Å²) in [5, 5.41) is 2.70. The number of nitrogens with zero attached hydrogens (tertiary/aromatic N) is 2. The molecule has 2 heterocycles. The molecule has 1 saturated carbocycles. The van der Waals surface area contributed by atoms with Gasteiger partial charge in [-0.05, 0) is 62.6 Å². The number of amides is 2. The summed E-state index contributed by atoms with van der Waals surface area (Å²) in [5.74, 6) is 0.0428. The Morgan fingerprint density at radius 2 is 1.75 bits per heavy atom. The molecule has 0 spiro atoms. The summed E-state index contributed by atoms with van der Waals surface area (Å²) in [4.78, 5) is 29.1. The van der Waals surface area contributed by atoms with Crippen LogP contribution < -0.4 is 10.2 Å². The first-order valence-electron chi connectivity index (χ1n) is 10.6. The fraction of sp³-hybridized carbons (Fsp3) is 0.636. The number of fused-ring (bicyclic) bond motifs is 1. The van der Waals surface area contributed by atoms with Gasteiger partial charge in [0, 0.05) is 37.7 Å². The van der Waals surface area contributed by atoms with Gasteiger partial charge in [0.1, 0.15) is 11.9 Å². The van der Waals surface area contributed by atoms with E-state index in [-0.39, 0.29) is 23.7 Å². The zero-order valence-corrected chi connectivity index (χ0v) is 16.8. The minimum Gasteiger partial charge on any atom is -0.341 e. The molecule has 1 saturated heterocycles. The number of hydrogen-bond acceptors (Lipinski definition) is 3. The van der Waals surface area contributed by atoms with Crippen LogP contribution in [0.3, 0.4) is 0 Å². The van der Waals surface area contributed by atoms with Crippen molar-refractivity contribution in [1.82, 2.24) is 10.2 Å². The van der Waals surface area contributed by atoms with Gasteiger partial charge in [0.2, 0.25) is 5.91 Å². The van der Waals surface area contributed by atoms with Gasteiger partial charge in [-0.15, -0.1) is 0 Å². The number of likely N-dealkylation sites (tertiary alicyclic amines) is 1. The molecule has 1 aliphatic carbocycles. The molecule has 1 aromatic carbocycles. The Morgan fingerprint density at radius 3 is 2.39 bits per heavy atom. The lowest BCUT2D eigenvalue weighted by molar-refractivity contribution is -0.126. The molecular formula is C22H30FN3O2. The van der Waals surface area contributed by atoms with Crippen molar-refractivity contribution in [3.05, 3.63) is 29.6 Å². The Labute approximate surface area is 166 Å². The second-order valence-corrected chi connectivity index (χ2v) is 8.73. The van der Waals surface area contributed by atoms with E-state index >= 15 is 0 Å². The molecule has 28 heavy (non-hydrogen) atoms. The lowest BCUT2D eigenvalue weighted by atomic mass is 9.85. The zero-order valence-electron chi connectivity index (χ0n) is 16.8. The van der Waals surface area contributed by atoms with Crippen molar-refractivity contribution in [2.24, 2.45) is 5.92 Å². The first-order chi connectivity index (χ1) is 13.4.